The number of benzene rings is 4. The average Bonchev–Trinajstić information content (AvgIpc) is 3.43. The summed E-state index contributed by atoms with van der Waals surface area (Å²) in [5, 5.41) is 10.8. The van der Waals surface area contributed by atoms with E-state index in [1.165, 1.54) is 11.3 Å². The molecule has 2 N–H and O–H groups in total. The van der Waals surface area contributed by atoms with Gasteiger partial charge >= 0.3 is 0 Å². The maximum Gasteiger partial charge on any atom is 0.271 e. The predicted molar refractivity (Wildman–Crippen MR) is 162 cm³/mol. The molecular weight excluding hydrogens is 596 g/mol. The zero-order chi connectivity index (χ0) is 27.0. The topological polar surface area (TPSA) is 75.6 Å². The van der Waals surface area contributed by atoms with E-state index in [9.17, 15) is 4.79 Å². The number of carbonyl (C=O) groups excluding carboxylic acids is 1. The summed E-state index contributed by atoms with van der Waals surface area (Å²) in [5.74, 6) is 0.427. The van der Waals surface area contributed by atoms with Crippen molar-refractivity contribution >= 4 is 61.8 Å². The van der Waals surface area contributed by atoms with Gasteiger partial charge in [0.2, 0.25) is 0 Å². The molecule has 9 heteroatoms. The maximum absolute atomic E-state index is 12.6. The number of carbonyl (C=O) groups is 1. The molecule has 0 bridgehead atoms. The number of halogens is 2. The Bertz CT molecular complexity index is 1590. The highest BCUT2D eigenvalue weighted by molar-refractivity contribution is 9.10. The van der Waals surface area contributed by atoms with E-state index < -0.39 is 0 Å². The molecule has 1 amide bonds. The molecule has 5 aromatic rings. The molecule has 0 spiro atoms. The first-order valence-corrected chi connectivity index (χ1v) is 14.0. The van der Waals surface area contributed by atoms with Crippen molar-refractivity contribution in [3.8, 4) is 17.0 Å². The summed E-state index contributed by atoms with van der Waals surface area (Å²) in [7, 11) is 0. The Morgan fingerprint density at radius 2 is 1.77 bits per heavy atom. The van der Waals surface area contributed by atoms with Crippen LogP contribution in [-0.2, 0) is 6.61 Å². The highest BCUT2D eigenvalue weighted by Gasteiger charge is 2.09. The van der Waals surface area contributed by atoms with Crippen LogP contribution in [0.25, 0.3) is 11.3 Å². The second-order valence-corrected chi connectivity index (χ2v) is 10.6. The summed E-state index contributed by atoms with van der Waals surface area (Å²) in [6.45, 7) is 0.478. The van der Waals surface area contributed by atoms with Crippen molar-refractivity contribution in [2.75, 3.05) is 5.32 Å². The van der Waals surface area contributed by atoms with Crippen LogP contribution in [0.2, 0.25) is 5.02 Å². The maximum atomic E-state index is 12.6. The molecule has 0 aliphatic rings. The van der Waals surface area contributed by atoms with Crippen molar-refractivity contribution in [2.24, 2.45) is 5.10 Å². The molecule has 1 aromatic heterocycles. The lowest BCUT2D eigenvalue weighted by Crippen LogP contribution is -2.17. The molecule has 4 aromatic carbocycles. The lowest BCUT2D eigenvalue weighted by Gasteiger charge is -2.08. The zero-order valence-corrected chi connectivity index (χ0v) is 23.6. The van der Waals surface area contributed by atoms with Crippen molar-refractivity contribution in [2.45, 2.75) is 6.61 Å². The molecular formula is C30H22BrClN4O2S. The summed E-state index contributed by atoms with van der Waals surface area (Å²) in [6.07, 6.45) is 1.59. The van der Waals surface area contributed by atoms with Gasteiger partial charge in [0.15, 0.2) is 5.13 Å². The van der Waals surface area contributed by atoms with Gasteiger partial charge in [-0.15, -0.1) is 11.3 Å². The average molecular weight is 618 g/mol. The van der Waals surface area contributed by atoms with Gasteiger partial charge in [-0.3, -0.25) is 4.79 Å². The van der Waals surface area contributed by atoms with Gasteiger partial charge in [-0.05, 0) is 81.7 Å². The molecule has 0 unspecified atom stereocenters. The van der Waals surface area contributed by atoms with E-state index in [2.05, 4.69) is 36.8 Å². The first kappa shape index (κ1) is 26.6. The lowest BCUT2D eigenvalue weighted by atomic mass is 10.1. The Kier molecular flexibility index (Phi) is 8.68. The standard InChI is InChI=1S/C30H22BrClN4O2S/c31-26-16-21(6-15-28(26)38-18-20-4-2-1-3-5-20)17-33-36-29(37)23-9-7-22(8-10-23)27-19-39-30(35-27)34-25-13-11-24(32)12-14-25/h1-17,19H,18H2,(H,34,35)(H,36,37)/b33-17-. The minimum atomic E-state index is -0.303. The highest BCUT2D eigenvalue weighted by atomic mass is 79.9. The summed E-state index contributed by atoms with van der Waals surface area (Å²) >= 11 is 11.0. The number of nitrogens with zero attached hydrogens (tertiary/aromatic N) is 2. The van der Waals surface area contributed by atoms with Crippen molar-refractivity contribution in [3.63, 3.8) is 0 Å². The zero-order valence-electron chi connectivity index (χ0n) is 20.5. The van der Waals surface area contributed by atoms with Gasteiger partial charge in [-0.2, -0.15) is 5.10 Å². The number of thiazole rings is 1. The first-order chi connectivity index (χ1) is 19.0. The fourth-order valence-electron chi connectivity index (χ4n) is 3.59. The van der Waals surface area contributed by atoms with Gasteiger partial charge in [-0.1, -0.05) is 54.1 Å². The van der Waals surface area contributed by atoms with E-state index in [1.54, 1.807) is 18.3 Å². The van der Waals surface area contributed by atoms with Crippen LogP contribution in [0.4, 0.5) is 10.8 Å². The van der Waals surface area contributed by atoms with E-state index in [1.807, 2.05) is 90.3 Å². The number of rotatable bonds is 9. The highest BCUT2D eigenvalue weighted by Crippen LogP contribution is 2.28. The van der Waals surface area contributed by atoms with Crippen molar-refractivity contribution in [1.29, 1.82) is 0 Å². The van der Waals surface area contributed by atoms with Crippen molar-refractivity contribution in [1.82, 2.24) is 10.4 Å². The normalized spacial score (nSPS) is 10.9. The number of aromatic nitrogens is 1. The summed E-state index contributed by atoms with van der Waals surface area (Å²) in [5.41, 5.74) is 7.62. The summed E-state index contributed by atoms with van der Waals surface area (Å²) < 4.78 is 6.68. The Morgan fingerprint density at radius 3 is 2.51 bits per heavy atom. The molecule has 39 heavy (non-hydrogen) atoms. The second kappa shape index (κ2) is 12.7. The third-order valence-electron chi connectivity index (χ3n) is 5.62. The first-order valence-electron chi connectivity index (χ1n) is 11.9. The number of anilines is 2. The molecule has 0 aliphatic carbocycles. The molecule has 5 rings (SSSR count). The van der Waals surface area contributed by atoms with Crippen LogP contribution in [0.1, 0.15) is 21.5 Å². The van der Waals surface area contributed by atoms with Gasteiger partial charge in [0.1, 0.15) is 12.4 Å². The van der Waals surface area contributed by atoms with E-state index in [4.69, 9.17) is 16.3 Å². The number of nitrogens with one attached hydrogen (secondary N) is 2. The van der Waals surface area contributed by atoms with Crippen LogP contribution in [0, 0.1) is 0 Å². The largest absolute Gasteiger partial charge is 0.488 e. The molecule has 6 nitrogen and oxygen atoms in total. The summed E-state index contributed by atoms with van der Waals surface area (Å²) in [4.78, 5) is 17.2. The fourth-order valence-corrected chi connectivity index (χ4v) is 4.97. The van der Waals surface area contributed by atoms with Crippen LogP contribution in [0.15, 0.2) is 112 Å². The minimum Gasteiger partial charge on any atom is -0.488 e. The van der Waals surface area contributed by atoms with Gasteiger partial charge in [0.25, 0.3) is 5.91 Å². The molecule has 0 saturated heterocycles. The van der Waals surface area contributed by atoms with Crippen LogP contribution < -0.4 is 15.5 Å². The number of amides is 1. The number of hydrogen-bond donors (Lipinski definition) is 2. The van der Waals surface area contributed by atoms with Crippen LogP contribution >= 0.6 is 38.9 Å². The molecule has 0 fully saturated rings. The predicted octanol–water partition coefficient (Wildman–Crippen LogP) is 8.31. The van der Waals surface area contributed by atoms with Gasteiger partial charge in [-0.25, -0.2) is 10.4 Å². The third-order valence-corrected chi connectivity index (χ3v) is 7.24. The summed E-state index contributed by atoms with van der Waals surface area (Å²) in [6, 6.07) is 30.3. The van der Waals surface area contributed by atoms with Gasteiger partial charge in [0, 0.05) is 27.2 Å². The van der Waals surface area contributed by atoms with Gasteiger partial charge < -0.3 is 10.1 Å². The molecule has 1 heterocycles. The molecule has 0 atom stereocenters. The van der Waals surface area contributed by atoms with E-state index >= 15 is 0 Å². The second-order valence-electron chi connectivity index (χ2n) is 8.41. The molecule has 0 aliphatic heterocycles. The van der Waals surface area contributed by atoms with Crippen LogP contribution in [0.5, 0.6) is 5.75 Å². The molecule has 0 saturated carbocycles. The SMILES string of the molecule is O=C(N/N=C\c1ccc(OCc2ccccc2)c(Br)c1)c1ccc(-c2csc(Nc3ccc(Cl)cc3)n2)cc1. The van der Waals surface area contributed by atoms with Crippen LogP contribution in [-0.4, -0.2) is 17.1 Å². The Hall–Kier alpha value is -3.98. The molecule has 194 valence electrons. The minimum absolute atomic E-state index is 0.303. The lowest BCUT2D eigenvalue weighted by molar-refractivity contribution is 0.0955. The van der Waals surface area contributed by atoms with Crippen molar-refractivity contribution in [3.05, 3.63) is 129 Å². The molecule has 0 radical (unpaired) electrons. The van der Waals surface area contributed by atoms with E-state index in [0.717, 1.165) is 43.4 Å². The Labute approximate surface area is 243 Å². The fraction of sp³-hybridized carbons (Fsp3) is 0.0333. The van der Waals surface area contributed by atoms with E-state index in [0.29, 0.717) is 17.2 Å². The number of ether oxygens (including phenoxy) is 1. The van der Waals surface area contributed by atoms with Crippen molar-refractivity contribution < 1.29 is 9.53 Å². The quantitative estimate of drug-likeness (QED) is 0.129. The number of hydrazone groups is 1. The van der Waals surface area contributed by atoms with E-state index in [-0.39, 0.29) is 5.91 Å². The van der Waals surface area contributed by atoms with Crippen LogP contribution in [0.3, 0.4) is 0 Å². The Morgan fingerprint density at radius 1 is 1.00 bits per heavy atom. The monoisotopic (exact) mass is 616 g/mol. The van der Waals surface area contributed by atoms with Gasteiger partial charge in [0.05, 0.1) is 16.4 Å². The smallest absolute Gasteiger partial charge is 0.271 e. The third kappa shape index (κ3) is 7.32. The Balaban J connectivity index is 1.14. The number of hydrogen-bond acceptors (Lipinski definition) is 6.